The van der Waals surface area contributed by atoms with Crippen LogP contribution in [-0.4, -0.2) is 78.2 Å². The number of methoxy groups -OCH3 is 2. The predicted octanol–water partition coefficient (Wildman–Crippen LogP) is 2.93. The molecular formula is C17H44N2O5S2. The van der Waals surface area contributed by atoms with Gasteiger partial charge < -0.3 is 20.1 Å². The summed E-state index contributed by atoms with van der Waals surface area (Å²) in [7, 11) is 9.95. The average molecular weight is 421 g/mol. The molecule has 2 N–H and O–H groups in total. The molecule has 0 aromatic carbocycles. The maximum atomic E-state index is 9.78. The molecule has 0 radical (unpaired) electrons. The van der Waals surface area contributed by atoms with Crippen molar-refractivity contribution in [3.05, 3.63) is 0 Å². The van der Waals surface area contributed by atoms with Gasteiger partial charge in [-0.2, -0.15) is 11.8 Å². The first-order valence-corrected chi connectivity index (χ1v) is 10.6. The summed E-state index contributed by atoms with van der Waals surface area (Å²) >= 11 is 2.99. The van der Waals surface area contributed by atoms with Gasteiger partial charge in [0.2, 0.25) is 5.91 Å². The van der Waals surface area contributed by atoms with Crippen molar-refractivity contribution in [2.75, 3.05) is 61.2 Å². The molecule has 0 aromatic rings. The van der Waals surface area contributed by atoms with Gasteiger partial charge in [-0.1, -0.05) is 25.6 Å². The molecule has 1 amide bonds. The quantitative estimate of drug-likeness (QED) is 0.578. The van der Waals surface area contributed by atoms with Gasteiger partial charge in [0.1, 0.15) is 0 Å². The van der Waals surface area contributed by atoms with Gasteiger partial charge in [0.05, 0.1) is 7.11 Å². The average Bonchev–Trinajstić information content (AvgIpc) is 2.59. The fraction of sp³-hybridized carbons (Fsp3) is 0.824. The van der Waals surface area contributed by atoms with E-state index in [1.165, 1.54) is 32.7 Å². The van der Waals surface area contributed by atoms with Crippen LogP contribution < -0.4 is 10.6 Å². The zero-order valence-corrected chi connectivity index (χ0v) is 21.0. The molecule has 0 aliphatic rings. The first-order valence-electron chi connectivity index (χ1n) is 7.72. The van der Waals surface area contributed by atoms with Gasteiger partial charge in [-0.25, -0.2) is 0 Å². The van der Waals surface area contributed by atoms with Crippen molar-refractivity contribution >= 4 is 40.5 Å². The van der Waals surface area contributed by atoms with Gasteiger partial charge in [-0.15, -0.1) is 0 Å². The van der Waals surface area contributed by atoms with Crippen molar-refractivity contribution in [3.8, 4) is 0 Å². The van der Waals surface area contributed by atoms with E-state index in [0.717, 1.165) is 0 Å². The standard InChI is InChI=1S/C3H7NO.C3H6O2.C3H6OS.C2H7N.C2H6O.C2H6S.C2H6/c1-3(5)4-2;2*1-3(4)5-2;3*1-3-2;1-2/h1-2H3,(H,4,5);2*1-2H3;3H,1-2H3;2*1-2H3;1-2H3. The molecule has 0 heterocycles. The van der Waals surface area contributed by atoms with Crippen molar-refractivity contribution in [1.29, 1.82) is 0 Å². The molecule has 9 heteroatoms. The molecule has 0 aromatic heterocycles. The minimum atomic E-state index is -0.245. The molecule has 0 atom stereocenters. The van der Waals surface area contributed by atoms with Crippen molar-refractivity contribution in [2.24, 2.45) is 0 Å². The number of nitrogens with one attached hydrogen (secondary N) is 2. The Balaban J connectivity index is -0.0000000332. The van der Waals surface area contributed by atoms with Crippen LogP contribution in [-0.2, 0) is 23.9 Å². The zero-order chi connectivity index (χ0) is 23.0. The monoisotopic (exact) mass is 420 g/mol. The van der Waals surface area contributed by atoms with Crippen LogP contribution in [0.15, 0.2) is 0 Å². The number of carbonyl (C=O) groups excluding carboxylic acids is 3. The molecule has 0 aliphatic heterocycles. The summed E-state index contributed by atoms with van der Waals surface area (Å²) in [4.78, 5) is 29.1. The second-order valence-corrected chi connectivity index (χ2v) is 5.31. The van der Waals surface area contributed by atoms with Gasteiger partial charge in [-0.05, 0) is 32.9 Å². The van der Waals surface area contributed by atoms with Crippen LogP contribution in [0, 0.1) is 0 Å². The molecule has 0 fully saturated rings. The molecule has 0 unspecified atom stereocenters. The fourth-order valence-corrected chi connectivity index (χ4v) is 0. The van der Waals surface area contributed by atoms with Crippen molar-refractivity contribution < 1.29 is 23.9 Å². The van der Waals surface area contributed by atoms with E-state index in [4.69, 9.17) is 0 Å². The third-order valence-corrected chi connectivity index (χ3v) is 1.50. The summed E-state index contributed by atoms with van der Waals surface area (Å²) in [6.45, 7) is 8.38. The van der Waals surface area contributed by atoms with E-state index in [2.05, 4.69) is 20.1 Å². The second kappa shape index (κ2) is 64.6. The molecule has 0 bridgehead atoms. The van der Waals surface area contributed by atoms with E-state index >= 15 is 0 Å². The molecule has 0 saturated carbocycles. The van der Waals surface area contributed by atoms with Gasteiger partial charge in [-0.3, -0.25) is 14.4 Å². The normalized spacial score (nSPS) is 6.38. The lowest BCUT2D eigenvalue weighted by Gasteiger charge is -1.80. The second-order valence-electron chi connectivity index (χ2n) is 3.51. The van der Waals surface area contributed by atoms with Crippen LogP contribution in [0.5, 0.6) is 0 Å². The van der Waals surface area contributed by atoms with E-state index in [1.807, 2.05) is 40.5 Å². The van der Waals surface area contributed by atoms with E-state index in [-0.39, 0.29) is 17.0 Å². The highest BCUT2D eigenvalue weighted by Gasteiger charge is 1.77. The number of thioether (sulfide) groups is 2. The van der Waals surface area contributed by atoms with Crippen molar-refractivity contribution in [2.45, 2.75) is 34.6 Å². The first-order chi connectivity index (χ1) is 12.1. The summed E-state index contributed by atoms with van der Waals surface area (Å²) in [5.74, 6) is -0.241. The Morgan fingerprint density at radius 2 is 0.923 bits per heavy atom. The molecule has 164 valence electrons. The molecule has 26 heavy (non-hydrogen) atoms. The van der Waals surface area contributed by atoms with Crippen molar-refractivity contribution in [1.82, 2.24) is 10.6 Å². The largest absolute Gasteiger partial charge is 0.469 e. The van der Waals surface area contributed by atoms with E-state index < -0.39 is 0 Å². The van der Waals surface area contributed by atoms with Crippen LogP contribution in [0.1, 0.15) is 34.6 Å². The maximum absolute atomic E-state index is 9.78. The van der Waals surface area contributed by atoms with Crippen LogP contribution in [0.2, 0.25) is 0 Å². The van der Waals surface area contributed by atoms with Gasteiger partial charge in [0.15, 0.2) is 5.12 Å². The van der Waals surface area contributed by atoms with Crippen LogP contribution in [0.4, 0.5) is 0 Å². The Kier molecular flexibility index (Phi) is 111. The smallest absolute Gasteiger partial charge is 0.302 e. The lowest BCUT2D eigenvalue weighted by Crippen LogP contribution is -2.11. The molecular weight excluding hydrogens is 376 g/mol. The Bertz CT molecular complexity index is 207. The fourth-order valence-electron chi connectivity index (χ4n) is 0. The Morgan fingerprint density at radius 3 is 0.923 bits per heavy atom. The molecule has 0 saturated heterocycles. The van der Waals surface area contributed by atoms with Crippen LogP contribution >= 0.6 is 23.5 Å². The zero-order valence-electron chi connectivity index (χ0n) is 19.4. The lowest BCUT2D eigenvalue weighted by atomic mass is 10.7. The number of hydrogen-bond acceptors (Lipinski definition) is 8. The number of rotatable bonds is 0. The molecule has 0 aliphatic carbocycles. The highest BCUT2D eigenvalue weighted by Crippen LogP contribution is 1.88. The van der Waals surface area contributed by atoms with Crippen LogP contribution in [0.25, 0.3) is 0 Å². The van der Waals surface area contributed by atoms with Gasteiger partial charge >= 0.3 is 5.97 Å². The van der Waals surface area contributed by atoms with E-state index in [0.29, 0.717) is 0 Å². The third kappa shape index (κ3) is 420. The minimum absolute atomic E-state index is 0.00463. The molecule has 0 spiro atoms. The summed E-state index contributed by atoms with van der Waals surface area (Å²) < 4.78 is 8.36. The summed E-state index contributed by atoms with van der Waals surface area (Å²) in [6, 6.07) is 0. The minimum Gasteiger partial charge on any atom is -0.469 e. The highest BCUT2D eigenvalue weighted by atomic mass is 32.2. The van der Waals surface area contributed by atoms with Gasteiger partial charge in [0.25, 0.3) is 0 Å². The topological polar surface area (TPSA) is 93.7 Å². The summed E-state index contributed by atoms with van der Waals surface area (Å²) in [5, 5.41) is 5.31. The predicted molar refractivity (Wildman–Crippen MR) is 120 cm³/mol. The van der Waals surface area contributed by atoms with Gasteiger partial charge in [0, 0.05) is 42.0 Å². The number of ether oxygens (including phenoxy) is 2. The lowest BCUT2D eigenvalue weighted by molar-refractivity contribution is -0.138. The highest BCUT2D eigenvalue weighted by molar-refractivity contribution is 8.12. The van der Waals surface area contributed by atoms with Crippen LogP contribution in [0.3, 0.4) is 0 Å². The van der Waals surface area contributed by atoms with E-state index in [1.54, 1.807) is 46.2 Å². The first kappa shape index (κ1) is 44.6. The number of hydrogen-bond donors (Lipinski definition) is 2. The maximum Gasteiger partial charge on any atom is 0.302 e. The SMILES string of the molecule is CC.CNC.CNC(C)=O.COC.COC(C)=O.CSC.CSC(C)=O. The molecule has 0 rings (SSSR count). The van der Waals surface area contributed by atoms with Crippen molar-refractivity contribution in [3.63, 3.8) is 0 Å². The summed E-state index contributed by atoms with van der Waals surface area (Å²) in [5.41, 5.74) is 0. The number of carbonyl (C=O) groups is 3. The number of esters is 1. The Labute approximate surface area is 171 Å². The third-order valence-electron chi connectivity index (χ3n) is 0.927. The Hall–Kier alpha value is -0.770. The number of amides is 1. The Morgan fingerprint density at radius 1 is 0.808 bits per heavy atom. The summed E-state index contributed by atoms with van der Waals surface area (Å²) in [6.07, 6.45) is 5.85. The molecule has 7 nitrogen and oxygen atoms in total. The van der Waals surface area contributed by atoms with E-state index in [9.17, 15) is 14.4 Å².